The Morgan fingerprint density at radius 1 is 0.821 bits per heavy atom. The van der Waals surface area contributed by atoms with Crippen LogP contribution in [0.25, 0.3) is 0 Å². The first-order valence-corrected chi connectivity index (χ1v) is 7.53. The molecule has 0 saturated heterocycles. The zero-order valence-corrected chi connectivity index (χ0v) is 14.3. The van der Waals surface area contributed by atoms with E-state index in [4.69, 9.17) is 45.5 Å². The quantitative estimate of drug-likeness (QED) is 0.286. The fraction of sp³-hybridized carbons (Fsp3) is 0. The highest BCUT2D eigenvalue weighted by Crippen LogP contribution is 2.34. The maximum absolute atomic E-state index is 7.43. The molecule has 0 aromatic carbocycles. The van der Waals surface area contributed by atoms with Crippen molar-refractivity contribution in [2.45, 2.75) is 0 Å². The van der Waals surface area contributed by atoms with Crippen LogP contribution in [0.3, 0.4) is 0 Å². The van der Waals surface area contributed by atoms with Crippen molar-refractivity contribution in [3.8, 4) is 0 Å². The van der Waals surface area contributed by atoms with Crippen LogP contribution in [0.1, 0.15) is 0 Å². The predicted molar refractivity (Wildman–Crippen MR) is 110 cm³/mol. The zero-order chi connectivity index (χ0) is 20.6. The second kappa shape index (κ2) is 6.56. The molecule has 2 aromatic heterocycles. The van der Waals surface area contributed by atoms with Gasteiger partial charge in [-0.3, -0.25) is 5.41 Å². The van der Waals surface area contributed by atoms with Crippen LogP contribution in [0.4, 0.5) is 46.3 Å². The molecule has 3 heterocycles. The number of pyridine rings is 1. The first-order valence-electron chi connectivity index (χ1n) is 7.53. The molecule has 0 radical (unpaired) electrons. The minimum Gasteiger partial charge on any atom is -0.396 e. The van der Waals surface area contributed by atoms with Crippen LogP contribution in [-0.2, 0) is 0 Å². The maximum Gasteiger partial charge on any atom is 0.245 e. The van der Waals surface area contributed by atoms with Crippen LogP contribution in [-0.4, -0.2) is 38.3 Å². The number of hydrogen-bond acceptors (Lipinski definition) is 13. The fourth-order valence-electron chi connectivity index (χ4n) is 2.20. The number of anilines is 7. The minimum absolute atomic E-state index is 0.0194. The Balaban J connectivity index is 2.13. The number of nitrogens with zero attached hydrogens (tertiary/aromatic N) is 6. The van der Waals surface area contributed by atoms with Crippen molar-refractivity contribution in [3.63, 3.8) is 0 Å². The number of nitrogen functional groups attached to an aromatic ring is 5. The lowest BCUT2D eigenvalue weighted by Gasteiger charge is -2.15. The summed E-state index contributed by atoms with van der Waals surface area (Å²) in [6.07, 6.45) is 0. The largest absolute Gasteiger partial charge is 0.396 e. The first-order chi connectivity index (χ1) is 13.2. The van der Waals surface area contributed by atoms with Crippen molar-refractivity contribution in [2.24, 2.45) is 26.4 Å². The van der Waals surface area contributed by atoms with Crippen molar-refractivity contribution >= 4 is 69.6 Å². The predicted octanol–water partition coefficient (Wildman–Crippen LogP) is -1.74. The molecular formula is C13H17N15. The normalized spacial score (nSPS) is 13.7. The average Bonchev–Trinajstić information content (AvgIpc) is 2.57. The molecule has 0 atom stereocenters. The summed E-state index contributed by atoms with van der Waals surface area (Å²) in [6.45, 7) is 0. The van der Waals surface area contributed by atoms with E-state index in [1.807, 2.05) is 0 Å². The summed E-state index contributed by atoms with van der Waals surface area (Å²) in [5.74, 6) is -0.559. The van der Waals surface area contributed by atoms with Gasteiger partial charge >= 0.3 is 0 Å². The van der Waals surface area contributed by atoms with Crippen molar-refractivity contribution in [3.05, 3.63) is 6.07 Å². The van der Waals surface area contributed by atoms with E-state index in [9.17, 15) is 0 Å². The lowest BCUT2D eigenvalue weighted by atomic mass is 10.2. The molecule has 0 bridgehead atoms. The Bertz CT molecular complexity index is 1030. The molecule has 0 aliphatic carbocycles. The molecule has 0 spiro atoms. The summed E-state index contributed by atoms with van der Waals surface area (Å²) < 4.78 is 0. The van der Waals surface area contributed by atoms with E-state index in [0.29, 0.717) is 0 Å². The molecule has 1 aliphatic rings. The van der Waals surface area contributed by atoms with Gasteiger partial charge in [0.25, 0.3) is 0 Å². The molecule has 0 amide bonds. The van der Waals surface area contributed by atoms with Gasteiger partial charge in [0.15, 0.2) is 29.1 Å². The van der Waals surface area contributed by atoms with Gasteiger partial charge < -0.3 is 45.5 Å². The molecule has 16 N–H and O–H groups in total. The van der Waals surface area contributed by atoms with Crippen LogP contribution < -0.4 is 45.5 Å². The van der Waals surface area contributed by atoms with E-state index in [2.05, 4.69) is 35.2 Å². The van der Waals surface area contributed by atoms with E-state index < -0.39 is 0 Å². The number of aromatic nitrogens is 3. The number of aliphatic imine (C=N–C) groups is 3. The molecule has 0 saturated carbocycles. The molecule has 15 heteroatoms. The van der Waals surface area contributed by atoms with E-state index in [1.165, 1.54) is 6.07 Å². The Morgan fingerprint density at radius 3 is 1.96 bits per heavy atom. The third-order valence-electron chi connectivity index (χ3n) is 3.46. The number of nitrogens with two attached hydrogens (primary N) is 7. The number of guanidine groups is 1. The summed E-state index contributed by atoms with van der Waals surface area (Å²) in [4.78, 5) is 23.5. The summed E-state index contributed by atoms with van der Waals surface area (Å²) in [6, 6.07) is 1.42. The number of amidine groups is 2. The van der Waals surface area contributed by atoms with Crippen molar-refractivity contribution < 1.29 is 0 Å². The van der Waals surface area contributed by atoms with E-state index in [0.717, 1.165) is 0 Å². The van der Waals surface area contributed by atoms with Crippen LogP contribution in [0.5, 0.6) is 0 Å². The average molecular weight is 383 g/mol. The van der Waals surface area contributed by atoms with Gasteiger partial charge in [0.2, 0.25) is 11.9 Å². The molecule has 0 fully saturated rings. The minimum atomic E-state index is -0.346. The Hall–Kier alpha value is -4.69. The molecule has 28 heavy (non-hydrogen) atoms. The van der Waals surface area contributed by atoms with Crippen molar-refractivity contribution in [2.75, 3.05) is 34.0 Å². The van der Waals surface area contributed by atoms with E-state index >= 15 is 0 Å². The molecular weight excluding hydrogens is 366 g/mol. The Kier molecular flexibility index (Phi) is 4.24. The Labute approximate surface area is 157 Å². The summed E-state index contributed by atoms with van der Waals surface area (Å²) in [5.41, 5.74) is 40.9. The molecule has 0 unspecified atom stereocenters. The van der Waals surface area contributed by atoms with Gasteiger partial charge in [0.1, 0.15) is 22.9 Å². The third-order valence-corrected chi connectivity index (χ3v) is 3.46. The van der Waals surface area contributed by atoms with Gasteiger partial charge in [0.05, 0.1) is 5.69 Å². The summed E-state index contributed by atoms with van der Waals surface area (Å²) in [5, 5.41) is 10.3. The third kappa shape index (κ3) is 3.34. The summed E-state index contributed by atoms with van der Waals surface area (Å²) >= 11 is 0. The van der Waals surface area contributed by atoms with Crippen LogP contribution in [0.15, 0.2) is 21.0 Å². The SMILES string of the molecule is N=C1N=C(N)C(=Nc2cc(N)c(N)nc2Nc2c(N)nc(N)nc2N)C(N)=N1. The van der Waals surface area contributed by atoms with Crippen molar-refractivity contribution in [1.29, 1.82) is 5.41 Å². The Morgan fingerprint density at radius 2 is 1.39 bits per heavy atom. The van der Waals surface area contributed by atoms with Gasteiger partial charge in [-0.25, -0.2) is 9.98 Å². The monoisotopic (exact) mass is 383 g/mol. The van der Waals surface area contributed by atoms with Gasteiger partial charge in [-0.05, 0) is 6.07 Å². The van der Waals surface area contributed by atoms with Crippen LogP contribution in [0, 0.1) is 5.41 Å². The lowest BCUT2D eigenvalue weighted by Crippen LogP contribution is -2.39. The highest BCUT2D eigenvalue weighted by Gasteiger charge is 2.20. The second-order valence-corrected chi connectivity index (χ2v) is 5.46. The maximum atomic E-state index is 7.43. The van der Waals surface area contributed by atoms with Crippen LogP contribution >= 0.6 is 0 Å². The highest BCUT2D eigenvalue weighted by molar-refractivity contribution is 6.69. The highest BCUT2D eigenvalue weighted by atomic mass is 15.2. The molecule has 3 rings (SSSR count). The van der Waals surface area contributed by atoms with Gasteiger partial charge in [0, 0.05) is 0 Å². The van der Waals surface area contributed by atoms with E-state index in [1.54, 1.807) is 0 Å². The molecule has 2 aromatic rings. The van der Waals surface area contributed by atoms with Gasteiger partial charge in [-0.1, -0.05) is 0 Å². The van der Waals surface area contributed by atoms with Crippen LogP contribution in [0.2, 0.25) is 0 Å². The van der Waals surface area contributed by atoms with Gasteiger partial charge in [-0.2, -0.15) is 20.0 Å². The zero-order valence-electron chi connectivity index (χ0n) is 14.3. The molecule has 1 aliphatic heterocycles. The number of rotatable bonds is 3. The van der Waals surface area contributed by atoms with Gasteiger partial charge in [-0.15, -0.1) is 0 Å². The smallest absolute Gasteiger partial charge is 0.245 e. The van der Waals surface area contributed by atoms with Crippen molar-refractivity contribution in [1.82, 2.24) is 15.0 Å². The molecule has 15 nitrogen and oxygen atoms in total. The molecule has 144 valence electrons. The number of nitrogens with one attached hydrogen (secondary N) is 2. The standard InChI is InChI=1S/C13H17N15/c14-2-1-3(22-4-7(16)25-12(20)26-8(4)17)11(24-6(2)15)23-5-9(18)27-13(21)28-10(5)19/h1H,14H2,(H3,15,23,24)(H5,16,17,20,25,26)(H6,18,19,21,27,28). The topological polar surface area (TPSA) is 294 Å². The second-order valence-electron chi connectivity index (χ2n) is 5.46. The van der Waals surface area contributed by atoms with E-state index in [-0.39, 0.29) is 69.6 Å². The lowest BCUT2D eigenvalue weighted by molar-refractivity contribution is 1.19. The summed E-state index contributed by atoms with van der Waals surface area (Å²) in [7, 11) is 0. The number of hydrogen-bond donors (Lipinski definition) is 9. The first kappa shape index (κ1) is 18.1. The fourth-order valence-corrected chi connectivity index (χ4v) is 2.20.